The Labute approximate surface area is 184 Å². The van der Waals surface area contributed by atoms with E-state index in [-0.39, 0.29) is 16.8 Å². The molecule has 0 bridgehead atoms. The van der Waals surface area contributed by atoms with Crippen molar-refractivity contribution in [3.63, 3.8) is 0 Å². The summed E-state index contributed by atoms with van der Waals surface area (Å²) in [7, 11) is 2.51. The van der Waals surface area contributed by atoms with E-state index >= 15 is 0 Å². The van der Waals surface area contributed by atoms with E-state index in [0.29, 0.717) is 17.2 Å². The summed E-state index contributed by atoms with van der Waals surface area (Å²) in [4.78, 5) is 12.9. The van der Waals surface area contributed by atoms with Crippen molar-refractivity contribution in [3.8, 4) is 11.5 Å². The second-order valence-electron chi connectivity index (χ2n) is 7.47. The van der Waals surface area contributed by atoms with Gasteiger partial charge in [0.15, 0.2) is 0 Å². The molecule has 0 spiro atoms. The van der Waals surface area contributed by atoms with Gasteiger partial charge in [0.1, 0.15) is 11.5 Å². The molecule has 0 aliphatic carbocycles. The Bertz CT molecular complexity index is 1040. The number of hydrogen-bond donors (Lipinski definition) is 2. The highest BCUT2D eigenvalue weighted by atomic mass is 32.2. The van der Waals surface area contributed by atoms with E-state index in [1.54, 1.807) is 27.2 Å². The molecule has 2 aromatic carbocycles. The Morgan fingerprint density at radius 2 is 1.71 bits per heavy atom. The lowest BCUT2D eigenvalue weighted by atomic mass is 10.1. The Morgan fingerprint density at radius 1 is 1.03 bits per heavy atom. The zero-order valence-electron chi connectivity index (χ0n) is 19.0. The molecule has 2 atom stereocenters. The van der Waals surface area contributed by atoms with Crippen LogP contribution >= 0.6 is 0 Å². The number of carbonyl (C=O) groups is 1. The first-order chi connectivity index (χ1) is 14.5. The van der Waals surface area contributed by atoms with Crippen molar-refractivity contribution in [2.75, 3.05) is 33.6 Å². The van der Waals surface area contributed by atoms with Gasteiger partial charge in [-0.3, -0.25) is 10.1 Å². The van der Waals surface area contributed by atoms with Crippen molar-refractivity contribution in [1.29, 1.82) is 0 Å². The maximum absolute atomic E-state index is 12.8. The molecular formula is C22H31N3O5S. The molecule has 1 amide bonds. The third-order valence-electron chi connectivity index (χ3n) is 5.04. The SMILES string of the molecule is COc1ccc(OC)c([C@H](C)N[C@H](C)C(=O)Nc2cc(S(=O)(=O)N(C)C)ccc2C)c1. The number of methoxy groups -OCH3 is 2. The second kappa shape index (κ2) is 10.1. The van der Waals surface area contributed by atoms with Gasteiger partial charge in [-0.1, -0.05) is 6.07 Å². The summed E-state index contributed by atoms with van der Waals surface area (Å²) in [6.07, 6.45) is 0. The summed E-state index contributed by atoms with van der Waals surface area (Å²) in [5.74, 6) is 1.10. The first kappa shape index (κ1) is 24.6. The van der Waals surface area contributed by atoms with Gasteiger partial charge in [0.25, 0.3) is 0 Å². The van der Waals surface area contributed by atoms with Crippen molar-refractivity contribution in [2.24, 2.45) is 0 Å². The van der Waals surface area contributed by atoms with Crippen molar-refractivity contribution < 1.29 is 22.7 Å². The van der Waals surface area contributed by atoms with Crippen molar-refractivity contribution in [3.05, 3.63) is 47.5 Å². The first-order valence-electron chi connectivity index (χ1n) is 9.83. The molecule has 0 fully saturated rings. The Balaban J connectivity index is 2.18. The Kier molecular flexibility index (Phi) is 8.05. The van der Waals surface area contributed by atoms with Gasteiger partial charge in [-0.2, -0.15) is 0 Å². The Hall–Kier alpha value is -2.62. The number of benzene rings is 2. The summed E-state index contributed by atoms with van der Waals surface area (Å²) in [6.45, 7) is 5.48. The highest BCUT2D eigenvalue weighted by Gasteiger charge is 2.22. The standard InChI is InChI=1S/C22H31N3O5S/c1-14-8-10-18(31(27,28)25(4)5)13-20(14)24-22(26)16(3)23-15(2)19-12-17(29-6)9-11-21(19)30-7/h8-13,15-16,23H,1-7H3,(H,24,26)/t15-,16+/m0/s1. The largest absolute Gasteiger partial charge is 0.497 e. The van der Waals surface area contributed by atoms with Crippen LogP contribution in [0.3, 0.4) is 0 Å². The summed E-state index contributed by atoms with van der Waals surface area (Å²) in [5, 5.41) is 6.08. The van der Waals surface area contributed by atoms with E-state index in [4.69, 9.17) is 9.47 Å². The number of nitrogens with one attached hydrogen (secondary N) is 2. The molecule has 31 heavy (non-hydrogen) atoms. The molecule has 0 aliphatic rings. The van der Waals surface area contributed by atoms with Crippen LogP contribution in [-0.2, 0) is 14.8 Å². The Morgan fingerprint density at radius 3 is 2.29 bits per heavy atom. The number of carbonyl (C=O) groups excluding carboxylic acids is 1. The maximum Gasteiger partial charge on any atom is 0.242 e. The number of rotatable bonds is 9. The average Bonchev–Trinajstić information content (AvgIpc) is 2.74. The number of hydrogen-bond acceptors (Lipinski definition) is 6. The molecule has 0 radical (unpaired) electrons. The molecule has 0 aliphatic heterocycles. The number of ether oxygens (including phenoxy) is 2. The van der Waals surface area contributed by atoms with E-state index in [2.05, 4.69) is 10.6 Å². The lowest BCUT2D eigenvalue weighted by Crippen LogP contribution is -2.39. The number of anilines is 1. The van der Waals surface area contributed by atoms with Crippen LogP contribution in [0.2, 0.25) is 0 Å². The third-order valence-corrected chi connectivity index (χ3v) is 6.85. The van der Waals surface area contributed by atoms with Gasteiger partial charge >= 0.3 is 0 Å². The highest BCUT2D eigenvalue weighted by Crippen LogP contribution is 2.29. The minimum atomic E-state index is -3.60. The van der Waals surface area contributed by atoms with Gasteiger partial charge in [-0.15, -0.1) is 0 Å². The fraction of sp³-hybridized carbons (Fsp3) is 0.409. The first-order valence-corrected chi connectivity index (χ1v) is 11.3. The number of amides is 1. The molecule has 0 unspecified atom stereocenters. The van der Waals surface area contributed by atoms with Gasteiger partial charge in [0.05, 0.1) is 25.2 Å². The van der Waals surface area contributed by atoms with Crippen LogP contribution in [0.25, 0.3) is 0 Å². The fourth-order valence-corrected chi connectivity index (χ4v) is 3.99. The number of aryl methyl sites for hydroxylation is 1. The van der Waals surface area contributed by atoms with Gasteiger partial charge < -0.3 is 14.8 Å². The normalized spacial score (nSPS) is 13.5. The molecule has 0 saturated carbocycles. The predicted molar refractivity (Wildman–Crippen MR) is 121 cm³/mol. The van der Waals surface area contributed by atoms with E-state index in [9.17, 15) is 13.2 Å². The summed E-state index contributed by atoms with van der Waals surface area (Å²) < 4.78 is 36.7. The molecule has 2 N–H and O–H groups in total. The topological polar surface area (TPSA) is 97.0 Å². The lowest BCUT2D eigenvalue weighted by molar-refractivity contribution is -0.117. The minimum absolute atomic E-state index is 0.119. The highest BCUT2D eigenvalue weighted by molar-refractivity contribution is 7.89. The van der Waals surface area contributed by atoms with Crippen molar-refractivity contribution in [1.82, 2.24) is 9.62 Å². The lowest BCUT2D eigenvalue weighted by Gasteiger charge is -2.22. The van der Waals surface area contributed by atoms with Gasteiger partial charge in [0.2, 0.25) is 15.9 Å². The molecule has 170 valence electrons. The smallest absolute Gasteiger partial charge is 0.242 e. The molecule has 2 rings (SSSR count). The third kappa shape index (κ3) is 5.75. The van der Waals surface area contributed by atoms with E-state index < -0.39 is 16.1 Å². The molecular weight excluding hydrogens is 418 g/mol. The van der Waals surface area contributed by atoms with Crippen LogP contribution in [0.4, 0.5) is 5.69 Å². The predicted octanol–water partition coefficient (Wildman–Crippen LogP) is 2.94. The number of nitrogens with zero attached hydrogens (tertiary/aromatic N) is 1. The summed E-state index contributed by atoms with van der Waals surface area (Å²) in [6, 6.07) is 9.41. The number of sulfonamides is 1. The van der Waals surface area contributed by atoms with Crippen LogP contribution in [0.15, 0.2) is 41.3 Å². The van der Waals surface area contributed by atoms with Crippen molar-refractivity contribution >= 4 is 21.6 Å². The van der Waals surface area contributed by atoms with Crippen LogP contribution in [0.1, 0.15) is 31.0 Å². The van der Waals surface area contributed by atoms with E-state index in [1.165, 1.54) is 26.2 Å². The van der Waals surface area contributed by atoms with Crippen LogP contribution in [-0.4, -0.2) is 53.0 Å². The summed E-state index contributed by atoms with van der Waals surface area (Å²) in [5.41, 5.74) is 2.07. The molecule has 0 saturated heterocycles. The van der Waals surface area contributed by atoms with E-state index in [1.807, 2.05) is 32.0 Å². The van der Waals surface area contributed by atoms with Crippen LogP contribution < -0.4 is 20.1 Å². The van der Waals surface area contributed by atoms with Gasteiger partial charge in [-0.25, -0.2) is 12.7 Å². The average molecular weight is 450 g/mol. The van der Waals surface area contributed by atoms with Crippen molar-refractivity contribution in [2.45, 2.75) is 37.8 Å². The second-order valence-corrected chi connectivity index (χ2v) is 9.62. The molecule has 0 heterocycles. The quantitative estimate of drug-likeness (QED) is 0.611. The van der Waals surface area contributed by atoms with E-state index in [0.717, 1.165) is 15.4 Å². The van der Waals surface area contributed by atoms with Gasteiger partial charge in [0, 0.05) is 31.4 Å². The van der Waals surface area contributed by atoms with Crippen LogP contribution in [0.5, 0.6) is 11.5 Å². The van der Waals surface area contributed by atoms with Gasteiger partial charge in [-0.05, 0) is 56.7 Å². The molecule has 2 aromatic rings. The zero-order chi connectivity index (χ0) is 23.3. The fourth-order valence-electron chi connectivity index (χ4n) is 3.07. The maximum atomic E-state index is 12.8. The monoisotopic (exact) mass is 449 g/mol. The summed E-state index contributed by atoms with van der Waals surface area (Å²) >= 11 is 0. The molecule has 8 nitrogen and oxygen atoms in total. The molecule has 9 heteroatoms. The minimum Gasteiger partial charge on any atom is -0.497 e. The molecule has 0 aromatic heterocycles. The van der Waals surface area contributed by atoms with Crippen LogP contribution in [0, 0.1) is 6.92 Å². The zero-order valence-corrected chi connectivity index (χ0v) is 19.8.